The summed E-state index contributed by atoms with van der Waals surface area (Å²) in [7, 11) is 0. The zero-order valence-electron chi connectivity index (χ0n) is 11.0. The second-order valence-corrected chi connectivity index (χ2v) is 4.80. The van der Waals surface area contributed by atoms with E-state index in [0.717, 1.165) is 18.6 Å². The first-order valence-electron chi connectivity index (χ1n) is 6.60. The van der Waals surface area contributed by atoms with Crippen molar-refractivity contribution >= 4 is 5.97 Å². The number of aryl methyl sites for hydroxylation is 2. The fraction of sp³-hybridized carbons (Fsp3) is 0.357. The first kappa shape index (κ1) is 12.7. The molecule has 0 unspecified atom stereocenters. The number of rotatable bonds is 5. The summed E-state index contributed by atoms with van der Waals surface area (Å²) in [6.45, 7) is 0.901. The van der Waals surface area contributed by atoms with Crippen LogP contribution in [0.15, 0.2) is 24.4 Å². The fourth-order valence-electron chi connectivity index (χ4n) is 2.40. The number of hydrogen-bond acceptors (Lipinski definition) is 4. The highest BCUT2D eigenvalue weighted by Crippen LogP contribution is 2.25. The van der Waals surface area contributed by atoms with E-state index in [-0.39, 0.29) is 5.69 Å². The van der Waals surface area contributed by atoms with E-state index in [2.05, 4.69) is 22.4 Å². The SMILES string of the molecule is O=C(O)c1cn(CCOc2ccc3c(c2)CCC3)nn1. The van der Waals surface area contributed by atoms with Crippen molar-refractivity contribution in [1.82, 2.24) is 15.0 Å². The van der Waals surface area contributed by atoms with E-state index >= 15 is 0 Å². The van der Waals surface area contributed by atoms with Crippen LogP contribution < -0.4 is 4.74 Å². The van der Waals surface area contributed by atoms with Gasteiger partial charge >= 0.3 is 5.97 Å². The summed E-state index contributed by atoms with van der Waals surface area (Å²) in [5.41, 5.74) is 2.73. The molecule has 0 fully saturated rings. The molecule has 1 aromatic carbocycles. The minimum Gasteiger partial charge on any atom is -0.492 e. The number of carboxylic acids is 1. The lowest BCUT2D eigenvalue weighted by atomic mass is 10.1. The van der Waals surface area contributed by atoms with Crippen LogP contribution in [0, 0.1) is 0 Å². The molecular formula is C14H15N3O3. The lowest BCUT2D eigenvalue weighted by molar-refractivity contribution is 0.0690. The minimum atomic E-state index is -1.07. The highest BCUT2D eigenvalue weighted by Gasteiger charge is 2.11. The van der Waals surface area contributed by atoms with Crippen LogP contribution in [-0.2, 0) is 19.4 Å². The van der Waals surface area contributed by atoms with E-state index in [4.69, 9.17) is 9.84 Å². The molecule has 1 aliphatic rings. The Balaban J connectivity index is 1.55. The van der Waals surface area contributed by atoms with Crippen LogP contribution in [0.1, 0.15) is 28.0 Å². The summed E-state index contributed by atoms with van der Waals surface area (Å²) in [5.74, 6) is -0.222. The Hall–Kier alpha value is -2.37. The number of nitrogens with zero attached hydrogens (tertiary/aromatic N) is 3. The predicted octanol–water partition coefficient (Wildman–Crippen LogP) is 1.54. The van der Waals surface area contributed by atoms with Crippen LogP contribution in [0.25, 0.3) is 0 Å². The van der Waals surface area contributed by atoms with Crippen molar-refractivity contribution in [1.29, 1.82) is 0 Å². The van der Waals surface area contributed by atoms with Gasteiger partial charge in [-0.05, 0) is 42.5 Å². The minimum absolute atomic E-state index is 0.0532. The number of hydrogen-bond donors (Lipinski definition) is 1. The fourth-order valence-corrected chi connectivity index (χ4v) is 2.40. The van der Waals surface area contributed by atoms with Crippen LogP contribution in [0.3, 0.4) is 0 Å². The lowest BCUT2D eigenvalue weighted by Gasteiger charge is -2.07. The van der Waals surface area contributed by atoms with Crippen LogP contribution in [-0.4, -0.2) is 32.7 Å². The monoisotopic (exact) mass is 273 g/mol. The lowest BCUT2D eigenvalue weighted by Crippen LogP contribution is -2.09. The molecule has 0 saturated heterocycles. The summed E-state index contributed by atoms with van der Waals surface area (Å²) < 4.78 is 7.14. The first-order valence-corrected chi connectivity index (χ1v) is 6.60. The molecule has 20 heavy (non-hydrogen) atoms. The topological polar surface area (TPSA) is 77.2 Å². The van der Waals surface area contributed by atoms with Crippen molar-refractivity contribution < 1.29 is 14.6 Å². The first-order chi connectivity index (χ1) is 9.72. The predicted molar refractivity (Wildman–Crippen MR) is 70.9 cm³/mol. The number of carboxylic acid groups (broad SMARTS) is 1. The standard InChI is InChI=1S/C14H15N3O3/c18-14(19)13-9-17(16-15-13)6-7-20-12-5-4-10-2-1-3-11(10)8-12/h4-5,8-9H,1-3,6-7H2,(H,18,19). The molecule has 1 heterocycles. The van der Waals surface area contributed by atoms with E-state index in [1.807, 2.05) is 6.07 Å². The average molecular weight is 273 g/mol. The van der Waals surface area contributed by atoms with Gasteiger partial charge in [0.1, 0.15) is 12.4 Å². The maximum Gasteiger partial charge on any atom is 0.358 e. The Morgan fingerprint density at radius 1 is 1.35 bits per heavy atom. The third kappa shape index (κ3) is 2.64. The Morgan fingerprint density at radius 2 is 2.20 bits per heavy atom. The Labute approximate surface area is 116 Å². The molecule has 0 radical (unpaired) electrons. The van der Waals surface area contributed by atoms with Crippen LogP contribution in [0.5, 0.6) is 5.75 Å². The quantitative estimate of drug-likeness (QED) is 0.894. The van der Waals surface area contributed by atoms with E-state index in [0.29, 0.717) is 13.2 Å². The van der Waals surface area contributed by atoms with Gasteiger partial charge in [-0.2, -0.15) is 0 Å². The second-order valence-electron chi connectivity index (χ2n) is 4.80. The third-order valence-corrected chi connectivity index (χ3v) is 3.42. The van der Waals surface area contributed by atoms with Gasteiger partial charge in [-0.3, -0.25) is 0 Å². The molecule has 0 spiro atoms. The van der Waals surface area contributed by atoms with Gasteiger partial charge in [0.25, 0.3) is 0 Å². The molecule has 1 aromatic heterocycles. The number of carbonyl (C=O) groups is 1. The van der Waals surface area contributed by atoms with E-state index in [1.54, 1.807) is 0 Å². The number of aromatic nitrogens is 3. The summed E-state index contributed by atoms with van der Waals surface area (Å²) >= 11 is 0. The Bertz CT molecular complexity index is 636. The Kier molecular flexibility index (Phi) is 3.37. The molecule has 104 valence electrons. The molecule has 0 atom stereocenters. The number of fused-ring (bicyclic) bond motifs is 1. The van der Waals surface area contributed by atoms with Gasteiger partial charge in [0.2, 0.25) is 0 Å². The van der Waals surface area contributed by atoms with Gasteiger partial charge in [-0.1, -0.05) is 11.3 Å². The maximum absolute atomic E-state index is 10.7. The summed E-state index contributed by atoms with van der Waals surface area (Å²) in [6, 6.07) is 6.19. The summed E-state index contributed by atoms with van der Waals surface area (Å²) in [6.07, 6.45) is 4.90. The molecule has 6 heteroatoms. The molecular weight excluding hydrogens is 258 g/mol. The zero-order valence-corrected chi connectivity index (χ0v) is 11.0. The van der Waals surface area contributed by atoms with Crippen molar-refractivity contribution in [3.8, 4) is 5.75 Å². The molecule has 0 aliphatic heterocycles. The van der Waals surface area contributed by atoms with Crippen molar-refractivity contribution in [2.75, 3.05) is 6.61 Å². The van der Waals surface area contributed by atoms with Crippen LogP contribution in [0.2, 0.25) is 0 Å². The largest absolute Gasteiger partial charge is 0.492 e. The van der Waals surface area contributed by atoms with E-state index in [1.165, 1.54) is 28.4 Å². The van der Waals surface area contributed by atoms with Crippen molar-refractivity contribution in [2.45, 2.75) is 25.8 Å². The van der Waals surface area contributed by atoms with Crippen LogP contribution in [0.4, 0.5) is 0 Å². The number of benzene rings is 1. The second kappa shape index (κ2) is 5.32. The Morgan fingerprint density at radius 3 is 3.00 bits per heavy atom. The van der Waals surface area contributed by atoms with Gasteiger partial charge in [0.15, 0.2) is 5.69 Å². The van der Waals surface area contributed by atoms with Crippen molar-refractivity contribution in [3.63, 3.8) is 0 Å². The van der Waals surface area contributed by atoms with Crippen molar-refractivity contribution in [3.05, 3.63) is 41.2 Å². The van der Waals surface area contributed by atoms with Crippen molar-refractivity contribution in [2.24, 2.45) is 0 Å². The smallest absolute Gasteiger partial charge is 0.358 e. The maximum atomic E-state index is 10.7. The van der Waals surface area contributed by atoms with E-state index < -0.39 is 5.97 Å². The average Bonchev–Trinajstić information content (AvgIpc) is 3.06. The normalized spacial score (nSPS) is 13.2. The number of ether oxygens (including phenoxy) is 1. The molecule has 0 amide bonds. The highest BCUT2D eigenvalue weighted by atomic mass is 16.5. The molecule has 1 N–H and O–H groups in total. The zero-order chi connectivity index (χ0) is 13.9. The molecule has 1 aliphatic carbocycles. The summed E-state index contributed by atoms with van der Waals surface area (Å²) in [5, 5.41) is 16.0. The van der Waals surface area contributed by atoms with Crippen LogP contribution >= 0.6 is 0 Å². The van der Waals surface area contributed by atoms with Gasteiger partial charge in [-0.25, -0.2) is 9.48 Å². The van der Waals surface area contributed by atoms with Gasteiger partial charge in [0.05, 0.1) is 12.7 Å². The highest BCUT2D eigenvalue weighted by molar-refractivity contribution is 5.84. The van der Waals surface area contributed by atoms with Gasteiger partial charge in [0, 0.05) is 0 Å². The molecule has 3 rings (SSSR count). The molecule has 0 saturated carbocycles. The summed E-state index contributed by atoms with van der Waals surface area (Å²) in [4.78, 5) is 10.7. The number of aromatic carboxylic acids is 1. The molecule has 2 aromatic rings. The third-order valence-electron chi connectivity index (χ3n) is 3.42. The van der Waals surface area contributed by atoms with Gasteiger partial charge < -0.3 is 9.84 Å². The molecule has 6 nitrogen and oxygen atoms in total. The molecule has 0 bridgehead atoms. The van der Waals surface area contributed by atoms with Gasteiger partial charge in [-0.15, -0.1) is 5.10 Å². The van der Waals surface area contributed by atoms with E-state index in [9.17, 15) is 4.79 Å².